The predicted molar refractivity (Wildman–Crippen MR) is 229 cm³/mol. The molecule has 16 nitrogen and oxygen atoms in total. The Morgan fingerprint density at radius 2 is 1.79 bits per heavy atom. The topological polar surface area (TPSA) is 205 Å². The minimum atomic E-state index is -1.57. The largest absolute Gasteiger partial charge is 0.487 e. The number of pyridine rings is 1. The van der Waals surface area contributed by atoms with E-state index in [-0.39, 0.29) is 88.4 Å². The molecule has 1 aliphatic heterocycles. The van der Waals surface area contributed by atoms with Crippen LogP contribution in [0.15, 0.2) is 90.1 Å². The normalized spacial score (nSPS) is 23.0. The fourth-order valence-corrected chi connectivity index (χ4v) is 9.18. The van der Waals surface area contributed by atoms with E-state index in [9.17, 15) is 30.2 Å². The second kappa shape index (κ2) is 22.1. The maximum atomic E-state index is 14.6. The number of unbranched alkanes of at least 4 members (excludes halogenated alkanes) is 2. The van der Waals surface area contributed by atoms with Crippen molar-refractivity contribution in [3.8, 4) is 17.2 Å². The van der Waals surface area contributed by atoms with E-state index in [1.807, 2.05) is 43.3 Å². The Labute approximate surface area is 361 Å². The summed E-state index contributed by atoms with van der Waals surface area (Å²) in [6, 6.07) is 15.8. The summed E-state index contributed by atoms with van der Waals surface area (Å²) < 4.78 is 32.2. The first-order valence-electron chi connectivity index (χ1n) is 21.3. The molecule has 0 unspecified atom stereocenters. The van der Waals surface area contributed by atoms with Crippen LogP contribution in [0.1, 0.15) is 67.8 Å². The van der Waals surface area contributed by atoms with Crippen LogP contribution < -0.4 is 14.2 Å². The molecular formula is C46H58N4O12. The van der Waals surface area contributed by atoms with Gasteiger partial charge in [0.2, 0.25) is 5.79 Å². The highest BCUT2D eigenvalue weighted by atomic mass is 16.7. The molecule has 0 spiro atoms. The number of aliphatic hydroxyl groups is 3. The van der Waals surface area contributed by atoms with Crippen molar-refractivity contribution in [1.82, 2.24) is 9.88 Å². The van der Waals surface area contributed by atoms with Crippen molar-refractivity contribution < 1.29 is 53.6 Å². The molecule has 1 fully saturated rings. The van der Waals surface area contributed by atoms with Crippen LogP contribution in [0.5, 0.6) is 17.2 Å². The molecule has 3 aromatic rings. The summed E-state index contributed by atoms with van der Waals surface area (Å²) in [5.74, 6) is -1.22. The molecule has 0 radical (unpaired) electrons. The number of ether oxygens (including phenoxy) is 5. The number of carbonyl (C=O) groups is 1. The Kier molecular flexibility index (Phi) is 16.4. The molecule has 1 aromatic heterocycles. The Bertz CT molecular complexity index is 2040. The Morgan fingerprint density at radius 1 is 1.03 bits per heavy atom. The quantitative estimate of drug-likeness (QED) is 0.0396. The molecule has 2 heterocycles. The number of oxime groups is 1. The smallest absolute Gasteiger partial charge is 0.415 e. The van der Waals surface area contributed by atoms with E-state index in [1.165, 1.54) is 36.3 Å². The number of hydrogen-bond acceptors (Lipinski definition) is 14. The maximum absolute atomic E-state index is 14.6. The second-order valence-corrected chi connectivity index (χ2v) is 15.7. The average Bonchev–Trinajstić information content (AvgIpc) is 3.27. The third-order valence-electron chi connectivity index (χ3n) is 11.8. The molecule has 6 atom stereocenters. The number of carbonyl (C=O) groups excluding carboxylic acids is 1. The number of aromatic nitrogens is 1. The molecule has 6 rings (SSSR count). The van der Waals surface area contributed by atoms with Gasteiger partial charge in [-0.3, -0.25) is 20.0 Å². The number of amides is 1. The highest BCUT2D eigenvalue weighted by Crippen LogP contribution is 2.62. The van der Waals surface area contributed by atoms with Gasteiger partial charge >= 0.3 is 6.09 Å². The van der Waals surface area contributed by atoms with Crippen molar-refractivity contribution in [2.45, 2.75) is 76.2 Å². The average molecular weight is 859 g/mol. The van der Waals surface area contributed by atoms with Crippen LogP contribution in [0.2, 0.25) is 0 Å². The van der Waals surface area contributed by atoms with Crippen LogP contribution in [0, 0.1) is 34.8 Å². The highest BCUT2D eigenvalue weighted by Gasteiger charge is 2.65. The monoisotopic (exact) mass is 858 g/mol. The molecule has 3 aliphatic rings. The lowest BCUT2D eigenvalue weighted by Crippen LogP contribution is -2.70. The fourth-order valence-electron chi connectivity index (χ4n) is 9.18. The molecule has 16 heteroatoms. The molecule has 2 aromatic carbocycles. The summed E-state index contributed by atoms with van der Waals surface area (Å²) >= 11 is 0. The van der Waals surface area contributed by atoms with E-state index in [2.05, 4.69) is 22.8 Å². The van der Waals surface area contributed by atoms with E-state index in [4.69, 9.17) is 28.5 Å². The number of nitrogens with zero attached hydrogens (tertiary/aromatic N) is 4. The lowest BCUT2D eigenvalue weighted by molar-refractivity contribution is -0.384. The zero-order chi connectivity index (χ0) is 44.1. The number of fused-ring (bicyclic) bond motifs is 2. The molecule has 1 amide bonds. The van der Waals surface area contributed by atoms with Gasteiger partial charge in [-0.1, -0.05) is 36.2 Å². The zero-order valence-electron chi connectivity index (χ0n) is 35.4. The van der Waals surface area contributed by atoms with Crippen LogP contribution in [0.25, 0.3) is 0 Å². The van der Waals surface area contributed by atoms with Crippen molar-refractivity contribution in [2.24, 2.45) is 22.9 Å². The number of aryl methyl sites for hydroxylation is 1. The first-order valence-corrected chi connectivity index (χ1v) is 21.3. The van der Waals surface area contributed by atoms with Crippen LogP contribution in [0.4, 0.5) is 10.5 Å². The van der Waals surface area contributed by atoms with E-state index in [1.54, 1.807) is 6.08 Å². The highest BCUT2D eigenvalue weighted by molar-refractivity contribution is 6.03. The Morgan fingerprint density at radius 3 is 2.48 bits per heavy atom. The minimum absolute atomic E-state index is 0.0152. The van der Waals surface area contributed by atoms with E-state index < -0.39 is 28.8 Å². The van der Waals surface area contributed by atoms with Gasteiger partial charge in [0.1, 0.15) is 37.0 Å². The first kappa shape index (κ1) is 46.1. The standard InChI is InChI=1S/C46H58N4O12/c1-4-24-60-46-42(49(20-25-58-26-23-53)45(54)61-35-16-14-34(15-17-35)50(55)56)29-40(48-57-3)38-27-32(11-5-7-21-51)37(13-6-8-22-52)43(44(38)46)39-28-36(18-19-41(39)62-46)59-30-33-12-9-10-31(2)47-33/h4,9-10,12,14-19,27-28,32,37,42-44,51-53H,1,5-8,11,13,20-26,29-30H2,2-3H3/t32-,37+,42-,43+,44+,46+/m0/s1. The number of aliphatic hydroxyl groups excluding tert-OH is 3. The van der Waals surface area contributed by atoms with Gasteiger partial charge in [0.05, 0.1) is 48.7 Å². The number of rotatable bonds is 23. The van der Waals surface area contributed by atoms with Crippen molar-refractivity contribution >= 4 is 17.5 Å². The van der Waals surface area contributed by atoms with Crippen molar-refractivity contribution in [3.05, 3.63) is 112 Å². The van der Waals surface area contributed by atoms with Crippen LogP contribution in [-0.2, 0) is 20.9 Å². The van der Waals surface area contributed by atoms with Gasteiger partial charge in [-0.2, -0.15) is 0 Å². The van der Waals surface area contributed by atoms with Gasteiger partial charge in [-0.15, -0.1) is 6.58 Å². The molecule has 2 aliphatic carbocycles. The van der Waals surface area contributed by atoms with E-state index in [0.29, 0.717) is 30.1 Å². The number of benzene rings is 2. The lowest BCUT2D eigenvalue weighted by atomic mass is 9.55. The predicted octanol–water partition coefficient (Wildman–Crippen LogP) is 6.65. The van der Waals surface area contributed by atoms with Gasteiger partial charge in [0, 0.05) is 55.5 Å². The second-order valence-electron chi connectivity index (χ2n) is 15.7. The third kappa shape index (κ3) is 10.6. The molecule has 334 valence electrons. The molecule has 0 bridgehead atoms. The molecule has 1 saturated carbocycles. The molecule has 0 saturated heterocycles. The third-order valence-corrected chi connectivity index (χ3v) is 11.8. The number of non-ortho nitro benzene ring substituents is 1. The number of hydrogen-bond donors (Lipinski definition) is 3. The minimum Gasteiger partial charge on any atom is -0.487 e. The van der Waals surface area contributed by atoms with Gasteiger partial charge in [-0.05, 0) is 92.5 Å². The van der Waals surface area contributed by atoms with Crippen molar-refractivity contribution in [3.63, 3.8) is 0 Å². The molecular weight excluding hydrogens is 801 g/mol. The van der Waals surface area contributed by atoms with E-state index in [0.717, 1.165) is 48.2 Å². The van der Waals surface area contributed by atoms with Gasteiger partial charge in [0.15, 0.2) is 0 Å². The number of nitro benzene ring substituents is 1. The Hall–Kier alpha value is -5.39. The number of allylic oxidation sites excluding steroid dienone is 1. The van der Waals surface area contributed by atoms with Crippen molar-refractivity contribution in [1.29, 1.82) is 0 Å². The molecule has 3 N–H and O–H groups in total. The summed E-state index contributed by atoms with van der Waals surface area (Å²) in [6.07, 6.45) is 7.47. The van der Waals surface area contributed by atoms with Gasteiger partial charge in [0.25, 0.3) is 5.69 Å². The first-order chi connectivity index (χ1) is 30.2. The summed E-state index contributed by atoms with van der Waals surface area (Å²) in [5.41, 5.74) is 3.82. The zero-order valence-corrected chi connectivity index (χ0v) is 35.4. The molecule has 62 heavy (non-hydrogen) atoms. The van der Waals surface area contributed by atoms with Gasteiger partial charge < -0.3 is 43.8 Å². The maximum Gasteiger partial charge on any atom is 0.415 e. The number of nitro groups is 1. The van der Waals surface area contributed by atoms with Crippen LogP contribution in [0.3, 0.4) is 0 Å². The van der Waals surface area contributed by atoms with E-state index >= 15 is 0 Å². The summed E-state index contributed by atoms with van der Waals surface area (Å²) in [5, 5.41) is 45.3. The van der Waals surface area contributed by atoms with Crippen LogP contribution in [-0.4, -0.2) is 107 Å². The summed E-state index contributed by atoms with van der Waals surface area (Å²) in [7, 11) is 1.47. The fraction of sp³-hybridized carbons (Fsp3) is 0.500. The lowest BCUT2D eigenvalue weighted by Gasteiger charge is -2.59. The van der Waals surface area contributed by atoms with Gasteiger partial charge in [-0.25, -0.2) is 4.79 Å². The Balaban J connectivity index is 1.53. The van der Waals surface area contributed by atoms with Crippen LogP contribution >= 0.6 is 0 Å². The summed E-state index contributed by atoms with van der Waals surface area (Å²) in [6.45, 7) is 6.11. The SMILES string of the molecule is C=CCO[C@@]12Oc3ccc(OCc4cccc(C)n4)cc3[C@H]3[C@H](CCCCO)[C@@H](CCCCO)C=C(C(=NOC)C[C@@H]1N(CCOCCO)C(=O)Oc1ccc([N+](=O)[O-])cc1)[C@H]32. The van der Waals surface area contributed by atoms with Crippen molar-refractivity contribution in [2.75, 3.05) is 53.3 Å². The summed E-state index contributed by atoms with van der Waals surface area (Å²) in [4.78, 5) is 37.1.